The molecule has 0 aliphatic carbocycles. The summed E-state index contributed by atoms with van der Waals surface area (Å²) in [7, 11) is 7.05. The van der Waals surface area contributed by atoms with Gasteiger partial charge in [-0.15, -0.1) is 0 Å². The van der Waals surface area contributed by atoms with E-state index in [1.54, 1.807) is 21.3 Å². The predicted octanol–water partition coefficient (Wildman–Crippen LogP) is 2.22. The minimum Gasteiger partial charge on any atom is -0.493 e. The van der Waals surface area contributed by atoms with Crippen LogP contribution in [0.3, 0.4) is 0 Å². The molecule has 0 aromatic heterocycles. The van der Waals surface area contributed by atoms with Crippen LogP contribution in [0.5, 0.6) is 17.2 Å². The molecule has 5 heteroatoms. The first-order chi connectivity index (χ1) is 9.67. The molecule has 0 amide bonds. The number of nitrogens with one attached hydrogen (secondary N) is 1. The smallest absolute Gasteiger partial charge is 0.203 e. The zero-order valence-corrected chi connectivity index (χ0v) is 12.7. The molecular formula is C15H24N2O3. The van der Waals surface area contributed by atoms with Crippen LogP contribution in [0.2, 0.25) is 0 Å². The highest BCUT2D eigenvalue weighted by molar-refractivity contribution is 5.62. The molecule has 2 rings (SSSR count). The van der Waals surface area contributed by atoms with Gasteiger partial charge in [-0.3, -0.25) is 0 Å². The highest BCUT2D eigenvalue weighted by Crippen LogP contribution is 2.40. The minimum absolute atomic E-state index is 0.494. The lowest BCUT2D eigenvalue weighted by atomic mass is 10.1. The molecule has 0 atom stereocenters. The Kier molecular flexibility index (Phi) is 4.95. The number of likely N-dealkylation sites (tertiary alicyclic amines) is 1. The van der Waals surface area contributed by atoms with Gasteiger partial charge in [-0.05, 0) is 33.0 Å². The van der Waals surface area contributed by atoms with Crippen LogP contribution in [-0.2, 0) is 0 Å². The van der Waals surface area contributed by atoms with E-state index in [4.69, 9.17) is 14.2 Å². The van der Waals surface area contributed by atoms with Crippen molar-refractivity contribution in [3.63, 3.8) is 0 Å². The van der Waals surface area contributed by atoms with Crippen LogP contribution in [0.15, 0.2) is 12.1 Å². The predicted molar refractivity (Wildman–Crippen MR) is 80.2 cm³/mol. The van der Waals surface area contributed by atoms with E-state index in [1.165, 1.54) is 0 Å². The molecule has 1 aromatic carbocycles. The molecule has 112 valence electrons. The molecule has 20 heavy (non-hydrogen) atoms. The summed E-state index contributed by atoms with van der Waals surface area (Å²) in [4.78, 5) is 2.35. The molecule has 1 aliphatic heterocycles. The molecule has 1 heterocycles. The number of piperidine rings is 1. The SMILES string of the molecule is COc1cc(NC2CCN(C)CC2)cc(OC)c1OC. The first kappa shape index (κ1) is 14.8. The third kappa shape index (κ3) is 3.28. The van der Waals surface area contributed by atoms with Gasteiger partial charge in [-0.25, -0.2) is 0 Å². The number of anilines is 1. The van der Waals surface area contributed by atoms with E-state index in [1.807, 2.05) is 12.1 Å². The fourth-order valence-electron chi connectivity index (χ4n) is 2.55. The van der Waals surface area contributed by atoms with Gasteiger partial charge in [0.2, 0.25) is 5.75 Å². The molecule has 5 nitrogen and oxygen atoms in total. The van der Waals surface area contributed by atoms with Crippen LogP contribution in [0, 0.1) is 0 Å². The van der Waals surface area contributed by atoms with Gasteiger partial charge < -0.3 is 24.4 Å². The summed E-state index contributed by atoms with van der Waals surface area (Å²) in [6.45, 7) is 2.25. The van der Waals surface area contributed by atoms with Crippen LogP contribution in [-0.4, -0.2) is 52.4 Å². The van der Waals surface area contributed by atoms with Crippen LogP contribution in [0.4, 0.5) is 5.69 Å². The largest absolute Gasteiger partial charge is 0.493 e. The van der Waals surface area contributed by atoms with E-state index in [9.17, 15) is 0 Å². The van der Waals surface area contributed by atoms with E-state index in [-0.39, 0.29) is 0 Å². The summed E-state index contributed by atoms with van der Waals surface area (Å²) in [6.07, 6.45) is 2.29. The summed E-state index contributed by atoms with van der Waals surface area (Å²) >= 11 is 0. The van der Waals surface area contributed by atoms with Crippen molar-refractivity contribution in [1.82, 2.24) is 4.90 Å². The first-order valence-electron chi connectivity index (χ1n) is 6.93. The second-order valence-electron chi connectivity index (χ2n) is 5.14. The maximum absolute atomic E-state index is 5.37. The standard InChI is InChI=1S/C15H24N2O3/c1-17-7-5-11(6-8-17)16-12-9-13(18-2)15(20-4)14(10-12)19-3/h9-11,16H,5-8H2,1-4H3. The third-order valence-corrected chi connectivity index (χ3v) is 3.75. The van der Waals surface area contributed by atoms with E-state index in [0.29, 0.717) is 23.3 Å². The monoisotopic (exact) mass is 280 g/mol. The zero-order valence-electron chi connectivity index (χ0n) is 12.7. The number of hydrogen-bond acceptors (Lipinski definition) is 5. The van der Waals surface area contributed by atoms with Gasteiger partial charge in [0.05, 0.1) is 21.3 Å². The molecule has 1 saturated heterocycles. The van der Waals surface area contributed by atoms with Crippen molar-refractivity contribution in [2.24, 2.45) is 0 Å². The fourth-order valence-corrected chi connectivity index (χ4v) is 2.55. The van der Waals surface area contributed by atoms with Crippen LogP contribution in [0.1, 0.15) is 12.8 Å². The molecule has 0 saturated carbocycles. The lowest BCUT2D eigenvalue weighted by Gasteiger charge is -2.30. The minimum atomic E-state index is 0.494. The molecule has 1 N–H and O–H groups in total. The van der Waals surface area contributed by atoms with Crippen molar-refractivity contribution < 1.29 is 14.2 Å². The van der Waals surface area contributed by atoms with Gasteiger partial charge in [0.1, 0.15) is 0 Å². The number of hydrogen-bond donors (Lipinski definition) is 1. The van der Waals surface area contributed by atoms with E-state index >= 15 is 0 Å². The van der Waals surface area contributed by atoms with Crippen molar-refractivity contribution in [3.05, 3.63) is 12.1 Å². The van der Waals surface area contributed by atoms with E-state index in [2.05, 4.69) is 17.3 Å². The maximum Gasteiger partial charge on any atom is 0.203 e. The average Bonchev–Trinajstić information content (AvgIpc) is 2.48. The van der Waals surface area contributed by atoms with Gasteiger partial charge in [-0.2, -0.15) is 0 Å². The molecule has 0 bridgehead atoms. The molecule has 1 fully saturated rings. The Morgan fingerprint density at radius 2 is 1.55 bits per heavy atom. The highest BCUT2D eigenvalue weighted by Gasteiger charge is 2.18. The normalized spacial score (nSPS) is 16.8. The summed E-state index contributed by atoms with van der Waals surface area (Å²) in [6, 6.07) is 4.41. The van der Waals surface area contributed by atoms with Crippen molar-refractivity contribution in [2.75, 3.05) is 46.8 Å². The molecule has 1 aromatic rings. The van der Waals surface area contributed by atoms with Gasteiger partial charge in [0.25, 0.3) is 0 Å². The van der Waals surface area contributed by atoms with Gasteiger partial charge in [0, 0.05) is 23.9 Å². The Labute approximate surface area is 120 Å². The molecule has 0 spiro atoms. The maximum atomic E-state index is 5.37. The lowest BCUT2D eigenvalue weighted by Crippen LogP contribution is -2.36. The second kappa shape index (κ2) is 6.70. The van der Waals surface area contributed by atoms with Crippen LogP contribution in [0.25, 0.3) is 0 Å². The summed E-state index contributed by atoms with van der Waals surface area (Å²) in [5, 5.41) is 3.56. The summed E-state index contributed by atoms with van der Waals surface area (Å²) in [5.74, 6) is 1.99. The number of ether oxygens (including phenoxy) is 3. The second-order valence-corrected chi connectivity index (χ2v) is 5.14. The molecule has 1 aliphatic rings. The Balaban J connectivity index is 2.15. The molecular weight excluding hydrogens is 256 g/mol. The number of benzene rings is 1. The Bertz CT molecular complexity index is 418. The number of nitrogens with zero attached hydrogens (tertiary/aromatic N) is 1. The van der Waals surface area contributed by atoms with Gasteiger partial charge >= 0.3 is 0 Å². The third-order valence-electron chi connectivity index (χ3n) is 3.75. The van der Waals surface area contributed by atoms with E-state index in [0.717, 1.165) is 31.6 Å². The zero-order chi connectivity index (χ0) is 14.5. The number of rotatable bonds is 5. The van der Waals surface area contributed by atoms with Crippen LogP contribution >= 0.6 is 0 Å². The fraction of sp³-hybridized carbons (Fsp3) is 0.600. The Morgan fingerprint density at radius 3 is 2.00 bits per heavy atom. The summed E-state index contributed by atoms with van der Waals surface area (Å²) < 4.78 is 16.1. The van der Waals surface area contributed by atoms with E-state index < -0.39 is 0 Å². The first-order valence-corrected chi connectivity index (χ1v) is 6.93. The van der Waals surface area contributed by atoms with Crippen molar-refractivity contribution >= 4 is 5.69 Å². The van der Waals surface area contributed by atoms with Crippen LogP contribution < -0.4 is 19.5 Å². The Hall–Kier alpha value is -1.62. The number of methoxy groups -OCH3 is 3. The van der Waals surface area contributed by atoms with Crippen molar-refractivity contribution in [2.45, 2.75) is 18.9 Å². The quantitative estimate of drug-likeness (QED) is 0.896. The molecule has 0 radical (unpaired) electrons. The highest BCUT2D eigenvalue weighted by atomic mass is 16.5. The molecule has 0 unspecified atom stereocenters. The lowest BCUT2D eigenvalue weighted by molar-refractivity contribution is 0.264. The van der Waals surface area contributed by atoms with Crippen molar-refractivity contribution in [1.29, 1.82) is 0 Å². The Morgan fingerprint density at radius 1 is 1.00 bits per heavy atom. The average molecular weight is 280 g/mol. The topological polar surface area (TPSA) is 43.0 Å². The van der Waals surface area contributed by atoms with Gasteiger partial charge in [0.15, 0.2) is 11.5 Å². The summed E-state index contributed by atoms with van der Waals surface area (Å²) in [5.41, 5.74) is 1.01. The van der Waals surface area contributed by atoms with Gasteiger partial charge in [-0.1, -0.05) is 0 Å². The van der Waals surface area contributed by atoms with Crippen molar-refractivity contribution in [3.8, 4) is 17.2 Å².